The summed E-state index contributed by atoms with van der Waals surface area (Å²) in [5.41, 5.74) is 1.10. The van der Waals surface area contributed by atoms with Gasteiger partial charge in [0.05, 0.1) is 6.61 Å². The molecule has 124 valence electrons. The molecule has 21 heavy (non-hydrogen) atoms. The first-order valence-electron chi connectivity index (χ1n) is 7.28. The Labute approximate surface area is 128 Å². The van der Waals surface area contributed by atoms with Crippen molar-refractivity contribution in [3.05, 3.63) is 11.6 Å². The molecule has 0 bridgehead atoms. The molecule has 0 unspecified atom stereocenters. The normalized spacial score (nSPS) is 36.6. The molecular weight excluding hydrogens is 272 g/mol. The summed E-state index contributed by atoms with van der Waals surface area (Å²) in [4.78, 5) is 0. The Morgan fingerprint density at radius 3 is 2.19 bits per heavy atom. The van der Waals surface area contributed by atoms with Crippen LogP contribution < -0.4 is 0 Å². The molecule has 1 rings (SSSR count). The Balaban J connectivity index is 2.89. The van der Waals surface area contributed by atoms with E-state index in [4.69, 9.17) is 18.9 Å². The van der Waals surface area contributed by atoms with Gasteiger partial charge in [0.1, 0.15) is 12.2 Å². The third kappa shape index (κ3) is 3.85. The predicted molar refractivity (Wildman–Crippen MR) is 80.9 cm³/mol. The summed E-state index contributed by atoms with van der Waals surface area (Å²) >= 11 is 0. The van der Waals surface area contributed by atoms with E-state index in [0.717, 1.165) is 5.57 Å². The summed E-state index contributed by atoms with van der Waals surface area (Å²) in [5.74, 6) is -2.10. The van der Waals surface area contributed by atoms with Gasteiger partial charge in [0, 0.05) is 14.2 Å². The van der Waals surface area contributed by atoms with Crippen molar-refractivity contribution < 1.29 is 24.1 Å². The monoisotopic (exact) mass is 302 g/mol. The number of ether oxygens (including phenoxy) is 4. The van der Waals surface area contributed by atoms with Gasteiger partial charge in [-0.15, -0.1) is 0 Å². The fourth-order valence-electron chi connectivity index (χ4n) is 2.06. The predicted octanol–water partition coefficient (Wildman–Crippen LogP) is 2.48. The van der Waals surface area contributed by atoms with Crippen molar-refractivity contribution >= 4 is 0 Å². The third-order valence-electron chi connectivity index (χ3n) is 4.49. The van der Waals surface area contributed by atoms with Crippen molar-refractivity contribution in [1.82, 2.24) is 0 Å². The van der Waals surface area contributed by atoms with Gasteiger partial charge in [0.2, 0.25) is 11.6 Å². The molecule has 1 N–H and O–H groups in total. The molecule has 0 aliphatic carbocycles. The van der Waals surface area contributed by atoms with E-state index in [0.29, 0.717) is 0 Å². The van der Waals surface area contributed by atoms with Gasteiger partial charge in [-0.25, -0.2) is 0 Å². The third-order valence-corrected chi connectivity index (χ3v) is 4.49. The van der Waals surface area contributed by atoms with Gasteiger partial charge in [-0.1, -0.05) is 32.4 Å². The van der Waals surface area contributed by atoms with Crippen molar-refractivity contribution in [1.29, 1.82) is 0 Å². The van der Waals surface area contributed by atoms with Gasteiger partial charge in [0.15, 0.2) is 0 Å². The molecule has 0 aromatic rings. The summed E-state index contributed by atoms with van der Waals surface area (Å²) in [6.45, 7) is 12.0. The van der Waals surface area contributed by atoms with Crippen molar-refractivity contribution in [2.24, 2.45) is 5.41 Å². The van der Waals surface area contributed by atoms with Crippen molar-refractivity contribution in [3.63, 3.8) is 0 Å². The number of aliphatic hydroxyl groups excluding tert-OH is 1. The molecule has 1 fully saturated rings. The second kappa shape index (κ2) is 6.34. The Morgan fingerprint density at radius 2 is 1.76 bits per heavy atom. The minimum Gasteiger partial charge on any atom is -0.386 e. The summed E-state index contributed by atoms with van der Waals surface area (Å²) in [6.07, 6.45) is 0.551. The van der Waals surface area contributed by atoms with Crippen LogP contribution in [0.4, 0.5) is 0 Å². The molecule has 1 aliphatic heterocycles. The van der Waals surface area contributed by atoms with Crippen LogP contribution in [0.3, 0.4) is 0 Å². The number of aliphatic hydroxyl groups is 1. The molecule has 0 spiro atoms. The lowest BCUT2D eigenvalue weighted by Crippen LogP contribution is -2.63. The Morgan fingerprint density at radius 1 is 1.24 bits per heavy atom. The van der Waals surface area contributed by atoms with Gasteiger partial charge < -0.3 is 24.1 Å². The molecule has 4 atom stereocenters. The van der Waals surface area contributed by atoms with Gasteiger partial charge in [0.25, 0.3) is 0 Å². The highest BCUT2D eigenvalue weighted by molar-refractivity contribution is 5.11. The number of hydrogen-bond acceptors (Lipinski definition) is 5. The van der Waals surface area contributed by atoms with E-state index in [1.165, 1.54) is 7.11 Å². The summed E-state index contributed by atoms with van der Waals surface area (Å²) < 4.78 is 22.5. The van der Waals surface area contributed by atoms with Gasteiger partial charge in [-0.3, -0.25) is 0 Å². The average Bonchev–Trinajstić information content (AvgIpc) is 2.40. The SMILES string of the molecule is CO[C@]1(C)OC[C@@H]([C@@H](O)/C=C(\C)C(C)(C)C)O[C@@]1(C)OC. The first kappa shape index (κ1) is 18.6. The van der Waals surface area contributed by atoms with Crippen LogP contribution in [0.5, 0.6) is 0 Å². The van der Waals surface area contributed by atoms with Gasteiger partial charge in [-0.05, 0) is 26.2 Å². The maximum absolute atomic E-state index is 10.4. The van der Waals surface area contributed by atoms with Crippen LogP contribution in [0.1, 0.15) is 41.5 Å². The van der Waals surface area contributed by atoms with Crippen molar-refractivity contribution in [3.8, 4) is 0 Å². The van der Waals surface area contributed by atoms with Gasteiger partial charge in [-0.2, -0.15) is 0 Å². The number of rotatable bonds is 4. The summed E-state index contributed by atoms with van der Waals surface area (Å²) in [5, 5.41) is 10.4. The lowest BCUT2D eigenvalue weighted by atomic mass is 9.86. The second-order valence-electron chi connectivity index (χ2n) is 6.86. The van der Waals surface area contributed by atoms with E-state index < -0.39 is 23.8 Å². The number of methoxy groups -OCH3 is 2. The molecule has 1 saturated heterocycles. The fourth-order valence-corrected chi connectivity index (χ4v) is 2.06. The molecule has 0 amide bonds. The Hall–Kier alpha value is -0.460. The van der Waals surface area contributed by atoms with Crippen LogP contribution >= 0.6 is 0 Å². The number of allylic oxidation sites excluding steroid dienone is 1. The van der Waals surface area contributed by atoms with E-state index in [9.17, 15) is 5.11 Å². The maximum Gasteiger partial charge on any atom is 0.220 e. The highest BCUT2D eigenvalue weighted by atomic mass is 16.8. The molecule has 5 heteroatoms. The molecule has 0 radical (unpaired) electrons. The van der Waals surface area contributed by atoms with Gasteiger partial charge >= 0.3 is 0 Å². The van der Waals surface area contributed by atoms with Crippen LogP contribution in [0, 0.1) is 5.41 Å². The summed E-state index contributed by atoms with van der Waals surface area (Å²) in [7, 11) is 3.08. The van der Waals surface area contributed by atoms with Crippen molar-refractivity contribution in [2.45, 2.75) is 65.3 Å². The van der Waals surface area contributed by atoms with Crippen LogP contribution in [0.25, 0.3) is 0 Å². The van der Waals surface area contributed by atoms with E-state index in [2.05, 4.69) is 20.8 Å². The molecule has 1 heterocycles. The van der Waals surface area contributed by atoms with E-state index in [1.54, 1.807) is 21.0 Å². The first-order valence-corrected chi connectivity index (χ1v) is 7.28. The molecule has 0 saturated carbocycles. The quantitative estimate of drug-likeness (QED) is 0.809. The minimum absolute atomic E-state index is 0.00209. The summed E-state index contributed by atoms with van der Waals surface area (Å²) in [6, 6.07) is 0. The standard InChI is InChI=1S/C16H30O5/c1-11(14(2,3)4)9-12(17)13-10-20-15(5,18-7)16(6,19-8)21-13/h9,12-13,17H,10H2,1-8H3/b11-9+/t12-,13-,15+,16+/m0/s1. The smallest absolute Gasteiger partial charge is 0.220 e. The van der Waals surface area contributed by atoms with E-state index in [1.807, 2.05) is 13.0 Å². The zero-order valence-corrected chi connectivity index (χ0v) is 14.5. The first-order chi connectivity index (χ1) is 9.49. The zero-order chi connectivity index (χ0) is 16.5. The van der Waals surface area contributed by atoms with E-state index in [-0.39, 0.29) is 12.0 Å². The Bertz CT molecular complexity index is 387. The van der Waals surface area contributed by atoms with Crippen LogP contribution in [-0.2, 0) is 18.9 Å². The molecule has 0 aromatic heterocycles. The Kier molecular flexibility index (Phi) is 5.61. The van der Waals surface area contributed by atoms with Crippen LogP contribution in [0.2, 0.25) is 0 Å². The van der Waals surface area contributed by atoms with Crippen LogP contribution in [-0.4, -0.2) is 49.7 Å². The van der Waals surface area contributed by atoms with Crippen molar-refractivity contribution in [2.75, 3.05) is 20.8 Å². The molecule has 0 aromatic carbocycles. The fraction of sp³-hybridized carbons (Fsp3) is 0.875. The lowest BCUT2D eigenvalue weighted by molar-refractivity contribution is -0.435. The highest BCUT2D eigenvalue weighted by Crippen LogP contribution is 2.37. The molecule has 1 aliphatic rings. The molecule has 5 nitrogen and oxygen atoms in total. The minimum atomic E-state index is -1.09. The average molecular weight is 302 g/mol. The second-order valence-corrected chi connectivity index (χ2v) is 6.86. The zero-order valence-electron chi connectivity index (χ0n) is 14.5. The number of hydrogen-bond donors (Lipinski definition) is 1. The van der Waals surface area contributed by atoms with E-state index >= 15 is 0 Å². The topological polar surface area (TPSA) is 57.2 Å². The molecular formula is C16H30O5. The maximum atomic E-state index is 10.4. The lowest BCUT2D eigenvalue weighted by Gasteiger charge is -2.49. The largest absolute Gasteiger partial charge is 0.386 e. The highest BCUT2D eigenvalue weighted by Gasteiger charge is 2.54. The van der Waals surface area contributed by atoms with Crippen LogP contribution in [0.15, 0.2) is 11.6 Å².